The fourth-order valence-electron chi connectivity index (χ4n) is 4.36. The van der Waals surface area contributed by atoms with Crippen molar-refractivity contribution in [2.45, 2.75) is 51.6 Å². The van der Waals surface area contributed by atoms with Gasteiger partial charge in [0.05, 0.1) is 5.69 Å². The number of piperidine rings is 1. The standard InChI is InChI=1S/C19H25ClN4O/c1-2-3-6-17-21-15(19(20)22-17)12-23-9-13-8-14(11-23)16-5-4-7-18(25)24(16)10-13/h4-5,7,13-14H,2-3,6,8-12H2,1H3,(H,21,22). The Balaban J connectivity index is 1.49. The summed E-state index contributed by atoms with van der Waals surface area (Å²) in [5.74, 6) is 1.96. The molecule has 4 heterocycles. The fraction of sp³-hybridized carbons (Fsp3) is 0.579. The second-order valence-electron chi connectivity index (χ2n) is 7.45. The second kappa shape index (κ2) is 6.96. The molecule has 25 heavy (non-hydrogen) atoms. The summed E-state index contributed by atoms with van der Waals surface area (Å²) in [6, 6.07) is 5.67. The molecule has 2 aromatic heterocycles. The van der Waals surface area contributed by atoms with Crippen LogP contribution in [-0.4, -0.2) is 32.5 Å². The number of imidazole rings is 1. The number of hydrogen-bond donors (Lipinski definition) is 1. The number of hydrogen-bond acceptors (Lipinski definition) is 3. The minimum Gasteiger partial charge on any atom is -0.344 e. The number of H-pyrrole nitrogens is 1. The summed E-state index contributed by atoms with van der Waals surface area (Å²) in [4.78, 5) is 22.5. The lowest BCUT2D eigenvalue weighted by atomic mass is 9.83. The van der Waals surface area contributed by atoms with Crippen LogP contribution in [-0.2, 0) is 19.5 Å². The van der Waals surface area contributed by atoms with Crippen LogP contribution in [0, 0.1) is 5.92 Å². The second-order valence-corrected chi connectivity index (χ2v) is 7.81. The summed E-state index contributed by atoms with van der Waals surface area (Å²) < 4.78 is 1.97. The molecule has 2 atom stereocenters. The minimum atomic E-state index is 0.137. The summed E-state index contributed by atoms with van der Waals surface area (Å²) in [7, 11) is 0. The van der Waals surface area contributed by atoms with E-state index in [4.69, 9.17) is 11.6 Å². The Hall–Kier alpha value is -1.59. The number of aryl methyl sites for hydroxylation is 1. The van der Waals surface area contributed by atoms with Gasteiger partial charge in [0, 0.05) is 50.3 Å². The topological polar surface area (TPSA) is 53.9 Å². The molecule has 2 unspecified atom stereocenters. The monoisotopic (exact) mass is 360 g/mol. The third-order valence-electron chi connectivity index (χ3n) is 5.48. The first-order chi connectivity index (χ1) is 12.1. The number of unbranched alkanes of at least 4 members (excludes halogenated alkanes) is 1. The average Bonchev–Trinajstić information content (AvgIpc) is 2.94. The van der Waals surface area contributed by atoms with E-state index in [1.807, 2.05) is 10.6 Å². The van der Waals surface area contributed by atoms with E-state index >= 15 is 0 Å². The zero-order chi connectivity index (χ0) is 17.4. The molecular weight excluding hydrogens is 336 g/mol. The maximum absolute atomic E-state index is 12.1. The van der Waals surface area contributed by atoms with Crippen molar-refractivity contribution in [1.29, 1.82) is 0 Å². The van der Waals surface area contributed by atoms with Crippen molar-refractivity contribution in [3.8, 4) is 0 Å². The van der Waals surface area contributed by atoms with E-state index in [0.29, 0.717) is 17.0 Å². The molecule has 1 fully saturated rings. The normalized spacial score (nSPS) is 22.8. The van der Waals surface area contributed by atoms with Gasteiger partial charge in [-0.15, -0.1) is 0 Å². The molecule has 2 aromatic rings. The van der Waals surface area contributed by atoms with Gasteiger partial charge in [0.1, 0.15) is 5.82 Å². The first kappa shape index (κ1) is 16.9. The largest absolute Gasteiger partial charge is 0.344 e. The van der Waals surface area contributed by atoms with Gasteiger partial charge in [-0.25, -0.2) is 4.98 Å². The van der Waals surface area contributed by atoms with Gasteiger partial charge in [0.2, 0.25) is 0 Å². The smallest absolute Gasteiger partial charge is 0.250 e. The lowest BCUT2D eigenvalue weighted by Crippen LogP contribution is -2.46. The molecule has 1 N–H and O–H groups in total. The predicted octanol–water partition coefficient (Wildman–Crippen LogP) is 3.19. The molecule has 0 aromatic carbocycles. The highest BCUT2D eigenvalue weighted by Crippen LogP contribution is 2.35. The molecule has 5 nitrogen and oxygen atoms in total. The molecular formula is C19H25ClN4O. The van der Waals surface area contributed by atoms with E-state index in [1.165, 1.54) is 12.1 Å². The van der Waals surface area contributed by atoms with Crippen LogP contribution in [0.5, 0.6) is 0 Å². The summed E-state index contributed by atoms with van der Waals surface area (Å²) in [6.07, 6.45) is 4.42. The highest BCUT2D eigenvalue weighted by Gasteiger charge is 2.34. The van der Waals surface area contributed by atoms with Crippen molar-refractivity contribution in [3.05, 3.63) is 50.9 Å². The van der Waals surface area contributed by atoms with Gasteiger partial charge in [-0.3, -0.25) is 9.69 Å². The number of aromatic nitrogens is 3. The number of halogens is 1. The lowest BCUT2D eigenvalue weighted by molar-refractivity contribution is 0.113. The van der Waals surface area contributed by atoms with Crippen LogP contribution in [0.1, 0.15) is 49.3 Å². The molecule has 134 valence electrons. The predicted molar refractivity (Wildman–Crippen MR) is 99.0 cm³/mol. The van der Waals surface area contributed by atoms with Crippen LogP contribution in [0.15, 0.2) is 23.0 Å². The van der Waals surface area contributed by atoms with E-state index in [2.05, 4.69) is 27.9 Å². The van der Waals surface area contributed by atoms with E-state index in [-0.39, 0.29) is 5.56 Å². The maximum atomic E-state index is 12.1. The number of pyridine rings is 1. The number of nitrogens with zero attached hydrogens (tertiary/aromatic N) is 3. The van der Waals surface area contributed by atoms with Crippen molar-refractivity contribution in [3.63, 3.8) is 0 Å². The lowest BCUT2D eigenvalue weighted by Gasteiger charge is -2.42. The molecule has 1 saturated heterocycles. The quantitative estimate of drug-likeness (QED) is 0.890. The first-order valence-electron chi connectivity index (χ1n) is 9.29. The first-order valence-corrected chi connectivity index (χ1v) is 9.67. The average molecular weight is 361 g/mol. The van der Waals surface area contributed by atoms with Crippen LogP contribution >= 0.6 is 11.6 Å². The van der Waals surface area contributed by atoms with Crippen LogP contribution in [0.4, 0.5) is 0 Å². The van der Waals surface area contributed by atoms with E-state index < -0.39 is 0 Å². The van der Waals surface area contributed by atoms with E-state index in [1.54, 1.807) is 6.07 Å². The summed E-state index contributed by atoms with van der Waals surface area (Å²) in [5, 5.41) is 0.610. The van der Waals surface area contributed by atoms with E-state index in [9.17, 15) is 4.79 Å². The Morgan fingerprint density at radius 1 is 1.32 bits per heavy atom. The molecule has 0 amide bonds. The Kier molecular flexibility index (Phi) is 4.69. The van der Waals surface area contributed by atoms with Crippen LogP contribution in [0.2, 0.25) is 5.15 Å². The van der Waals surface area contributed by atoms with Crippen LogP contribution < -0.4 is 5.56 Å². The van der Waals surface area contributed by atoms with Gasteiger partial charge >= 0.3 is 0 Å². The third kappa shape index (κ3) is 3.40. The maximum Gasteiger partial charge on any atom is 0.250 e. The Bertz CT molecular complexity index is 812. The molecule has 2 bridgehead atoms. The Morgan fingerprint density at radius 3 is 3.04 bits per heavy atom. The summed E-state index contributed by atoms with van der Waals surface area (Å²) >= 11 is 6.35. The van der Waals surface area contributed by atoms with Crippen molar-refractivity contribution in [2.24, 2.45) is 5.92 Å². The number of fused-ring (bicyclic) bond motifs is 4. The number of likely N-dealkylation sites (tertiary alicyclic amines) is 1. The number of aromatic amines is 1. The Morgan fingerprint density at radius 2 is 2.20 bits per heavy atom. The SMILES string of the molecule is CCCCc1nc(Cl)c(CN2CC3CC(C2)c2cccc(=O)n2C3)[nH]1. The van der Waals surface area contributed by atoms with Crippen LogP contribution in [0.25, 0.3) is 0 Å². The zero-order valence-electron chi connectivity index (χ0n) is 14.7. The molecule has 6 heteroatoms. The van der Waals surface area contributed by atoms with Crippen molar-refractivity contribution in [2.75, 3.05) is 13.1 Å². The van der Waals surface area contributed by atoms with Gasteiger partial charge in [0.15, 0.2) is 5.15 Å². The molecule has 0 radical (unpaired) electrons. The molecule has 2 aliphatic heterocycles. The molecule has 0 saturated carbocycles. The molecule has 0 spiro atoms. The van der Waals surface area contributed by atoms with Crippen LogP contribution in [0.3, 0.4) is 0 Å². The van der Waals surface area contributed by atoms with Gasteiger partial charge in [-0.2, -0.15) is 0 Å². The van der Waals surface area contributed by atoms with Gasteiger partial charge in [0.25, 0.3) is 5.56 Å². The summed E-state index contributed by atoms with van der Waals surface area (Å²) in [5.41, 5.74) is 2.35. The fourth-order valence-corrected chi connectivity index (χ4v) is 4.56. The van der Waals surface area contributed by atoms with Gasteiger partial charge in [-0.1, -0.05) is 31.0 Å². The molecule has 0 aliphatic carbocycles. The van der Waals surface area contributed by atoms with E-state index in [0.717, 1.165) is 57.0 Å². The van der Waals surface area contributed by atoms with Gasteiger partial charge < -0.3 is 9.55 Å². The van der Waals surface area contributed by atoms with Crippen molar-refractivity contribution in [1.82, 2.24) is 19.4 Å². The molecule has 4 rings (SSSR count). The van der Waals surface area contributed by atoms with Crippen molar-refractivity contribution < 1.29 is 0 Å². The van der Waals surface area contributed by atoms with Crippen molar-refractivity contribution >= 4 is 11.6 Å². The third-order valence-corrected chi connectivity index (χ3v) is 5.79. The Labute approximate surface area is 153 Å². The molecule has 2 aliphatic rings. The summed E-state index contributed by atoms with van der Waals surface area (Å²) in [6.45, 7) is 5.81. The minimum absolute atomic E-state index is 0.137. The van der Waals surface area contributed by atoms with Gasteiger partial charge in [-0.05, 0) is 24.8 Å². The highest BCUT2D eigenvalue weighted by molar-refractivity contribution is 6.30. The number of rotatable bonds is 5. The zero-order valence-corrected chi connectivity index (χ0v) is 15.4. The highest BCUT2D eigenvalue weighted by atomic mass is 35.5. The number of nitrogens with one attached hydrogen (secondary N) is 1.